The topological polar surface area (TPSA) is 12.9 Å². The van der Waals surface area contributed by atoms with E-state index in [9.17, 15) is 0 Å². The number of rotatable bonds is 3. The Balaban J connectivity index is 0.000001000. The van der Waals surface area contributed by atoms with E-state index < -0.39 is 0 Å². The molecule has 0 spiro atoms. The number of aromatic nitrogens is 1. The molecule has 1 aromatic heterocycles. The summed E-state index contributed by atoms with van der Waals surface area (Å²) in [4.78, 5) is 4.20. The fourth-order valence-electron chi connectivity index (χ4n) is 0.753. The second-order valence-corrected chi connectivity index (χ2v) is 3.05. The molecule has 64 valence electrons. The van der Waals surface area contributed by atoms with E-state index in [1.807, 2.05) is 30.1 Å². The van der Waals surface area contributed by atoms with Gasteiger partial charge in [0.15, 0.2) is 0 Å². The molecule has 0 N–H and O–H groups in total. The minimum atomic E-state index is 0. The molecule has 0 aliphatic rings. The van der Waals surface area contributed by atoms with Crippen LogP contribution in [0.3, 0.4) is 0 Å². The van der Waals surface area contributed by atoms with E-state index in [1.54, 1.807) is 0 Å². The molecule has 1 aromatic rings. The monoisotopic (exact) mass is 348 g/mol. The number of hydrogen-bond acceptors (Lipinski definition) is 2. The van der Waals surface area contributed by atoms with Gasteiger partial charge in [-0.15, -0.1) is 0 Å². The van der Waals surface area contributed by atoms with Crippen LogP contribution in [0.5, 0.6) is 0 Å². The minimum absolute atomic E-state index is 0. The normalized spacial score (nSPS) is 8.82. The first-order valence-corrected chi connectivity index (χ1v) is 4.71. The van der Waals surface area contributed by atoms with Crippen molar-refractivity contribution in [1.29, 1.82) is 0 Å². The quantitative estimate of drug-likeness (QED) is 0.829. The Morgan fingerprint density at radius 1 is 1.45 bits per heavy atom. The molecule has 0 aliphatic carbocycles. The third-order valence-corrected chi connectivity index (χ3v) is 1.90. The number of pyridine rings is 1. The standard InChI is InChI=1S/C8H11NS.Pt/c1-10-7-5-8-4-2-3-6-9-8;/h2-4,6H,5,7H2,1H3;. The van der Waals surface area contributed by atoms with Crippen molar-refractivity contribution >= 4 is 11.8 Å². The Hall–Kier alpha value is 0.188. The summed E-state index contributed by atoms with van der Waals surface area (Å²) in [5.41, 5.74) is 1.19. The molecule has 0 amide bonds. The maximum Gasteiger partial charge on any atom is 0.0411 e. The van der Waals surface area contributed by atoms with Gasteiger partial charge >= 0.3 is 0 Å². The van der Waals surface area contributed by atoms with Crippen LogP contribution in [0.25, 0.3) is 0 Å². The zero-order valence-corrected chi connectivity index (χ0v) is 9.48. The van der Waals surface area contributed by atoms with Crippen molar-refractivity contribution in [2.75, 3.05) is 12.0 Å². The fourth-order valence-corrected chi connectivity index (χ4v) is 1.17. The van der Waals surface area contributed by atoms with Gasteiger partial charge in [0.05, 0.1) is 0 Å². The van der Waals surface area contributed by atoms with Crippen molar-refractivity contribution in [3.63, 3.8) is 0 Å². The third kappa shape index (κ3) is 4.60. The molecule has 0 saturated heterocycles. The van der Waals surface area contributed by atoms with Gasteiger partial charge in [-0.25, -0.2) is 0 Å². The first-order valence-electron chi connectivity index (χ1n) is 3.32. The smallest absolute Gasteiger partial charge is 0.0411 e. The van der Waals surface area contributed by atoms with E-state index in [1.165, 1.54) is 5.69 Å². The van der Waals surface area contributed by atoms with Crippen LogP contribution >= 0.6 is 11.8 Å². The summed E-state index contributed by atoms with van der Waals surface area (Å²) >= 11 is 1.86. The van der Waals surface area contributed by atoms with Gasteiger partial charge in [0.1, 0.15) is 0 Å². The summed E-state index contributed by atoms with van der Waals surface area (Å²) in [6, 6.07) is 6.04. The van der Waals surface area contributed by atoms with Crippen LogP contribution in [0.4, 0.5) is 0 Å². The zero-order valence-electron chi connectivity index (χ0n) is 6.40. The Morgan fingerprint density at radius 2 is 2.27 bits per heavy atom. The molecule has 11 heavy (non-hydrogen) atoms. The molecule has 0 fully saturated rings. The molecule has 1 nitrogen and oxygen atoms in total. The van der Waals surface area contributed by atoms with Crippen molar-refractivity contribution in [1.82, 2.24) is 4.98 Å². The van der Waals surface area contributed by atoms with E-state index in [-0.39, 0.29) is 21.1 Å². The number of hydrogen-bond donors (Lipinski definition) is 0. The molecule has 3 heteroatoms. The average Bonchev–Trinajstić information content (AvgIpc) is 2.03. The Labute approximate surface area is 86.3 Å². The molecule has 0 saturated carbocycles. The summed E-state index contributed by atoms with van der Waals surface area (Å²) in [6.07, 6.45) is 5.04. The van der Waals surface area contributed by atoms with Crippen LogP contribution in [-0.2, 0) is 27.5 Å². The second kappa shape index (κ2) is 6.87. The molecule has 0 aromatic carbocycles. The van der Waals surface area contributed by atoms with E-state index >= 15 is 0 Å². The van der Waals surface area contributed by atoms with E-state index in [0.29, 0.717) is 0 Å². The number of aryl methyl sites for hydroxylation is 1. The van der Waals surface area contributed by atoms with Gasteiger partial charge in [-0.2, -0.15) is 11.8 Å². The largest absolute Gasteiger partial charge is 0.261 e. The molecule has 1 rings (SSSR count). The zero-order chi connectivity index (χ0) is 7.23. The van der Waals surface area contributed by atoms with Crippen molar-refractivity contribution in [3.8, 4) is 0 Å². The first-order chi connectivity index (χ1) is 4.93. The molecule has 0 atom stereocenters. The summed E-state index contributed by atoms with van der Waals surface area (Å²) in [5, 5.41) is 0. The maximum absolute atomic E-state index is 4.20. The van der Waals surface area contributed by atoms with E-state index in [0.717, 1.165) is 12.2 Å². The molecule has 1 heterocycles. The molecule has 0 unspecified atom stereocenters. The van der Waals surface area contributed by atoms with Gasteiger partial charge in [-0.05, 0) is 30.6 Å². The van der Waals surface area contributed by atoms with Gasteiger partial charge in [0, 0.05) is 33.0 Å². The van der Waals surface area contributed by atoms with Crippen LogP contribution in [0.15, 0.2) is 24.4 Å². The summed E-state index contributed by atoms with van der Waals surface area (Å²) < 4.78 is 0. The van der Waals surface area contributed by atoms with Gasteiger partial charge < -0.3 is 0 Å². The van der Waals surface area contributed by atoms with Crippen LogP contribution in [-0.4, -0.2) is 17.0 Å². The second-order valence-electron chi connectivity index (χ2n) is 2.06. The number of thioether (sulfide) groups is 1. The predicted molar refractivity (Wildman–Crippen MR) is 46.3 cm³/mol. The van der Waals surface area contributed by atoms with Crippen LogP contribution < -0.4 is 0 Å². The van der Waals surface area contributed by atoms with Gasteiger partial charge in [-0.1, -0.05) is 6.07 Å². The molecule has 0 radical (unpaired) electrons. The van der Waals surface area contributed by atoms with Crippen molar-refractivity contribution in [3.05, 3.63) is 30.1 Å². The number of nitrogens with zero attached hydrogens (tertiary/aromatic N) is 1. The fraction of sp³-hybridized carbons (Fsp3) is 0.375. The maximum atomic E-state index is 4.20. The average molecular weight is 348 g/mol. The molecular formula is C8H11NPtS. The molecule has 0 aliphatic heterocycles. The molecule has 0 bridgehead atoms. The van der Waals surface area contributed by atoms with E-state index in [4.69, 9.17) is 0 Å². The predicted octanol–water partition coefficient (Wildman–Crippen LogP) is 1.98. The van der Waals surface area contributed by atoms with E-state index in [2.05, 4.69) is 17.3 Å². The SMILES string of the molecule is CSCCc1ccccn1.[Pt]. The Kier molecular flexibility index (Phi) is 6.99. The Morgan fingerprint density at radius 3 is 2.82 bits per heavy atom. The summed E-state index contributed by atoms with van der Waals surface area (Å²) in [5.74, 6) is 1.16. The molecular weight excluding hydrogens is 337 g/mol. The van der Waals surface area contributed by atoms with Gasteiger partial charge in [-0.3, -0.25) is 4.98 Å². The van der Waals surface area contributed by atoms with Gasteiger partial charge in [0.25, 0.3) is 0 Å². The van der Waals surface area contributed by atoms with Crippen molar-refractivity contribution < 1.29 is 21.1 Å². The van der Waals surface area contributed by atoms with Crippen LogP contribution in [0, 0.1) is 0 Å². The minimum Gasteiger partial charge on any atom is -0.261 e. The summed E-state index contributed by atoms with van der Waals surface area (Å²) in [7, 11) is 0. The van der Waals surface area contributed by atoms with Crippen molar-refractivity contribution in [2.45, 2.75) is 6.42 Å². The van der Waals surface area contributed by atoms with Gasteiger partial charge in [0.2, 0.25) is 0 Å². The summed E-state index contributed by atoms with van der Waals surface area (Å²) in [6.45, 7) is 0. The third-order valence-electron chi connectivity index (χ3n) is 1.29. The van der Waals surface area contributed by atoms with Crippen molar-refractivity contribution in [2.24, 2.45) is 0 Å². The Bertz CT molecular complexity index is 179. The van der Waals surface area contributed by atoms with Crippen LogP contribution in [0.1, 0.15) is 5.69 Å². The first kappa shape index (κ1) is 11.2. The van der Waals surface area contributed by atoms with Crippen LogP contribution in [0.2, 0.25) is 0 Å².